The highest BCUT2D eigenvalue weighted by atomic mass is 32.2. The van der Waals surface area contributed by atoms with Gasteiger partial charge in [-0.05, 0) is 6.07 Å². The molecule has 0 spiro atoms. The first-order chi connectivity index (χ1) is 8.93. The number of hydrogen-bond donors (Lipinski definition) is 1. The molecule has 98 valence electrons. The number of ether oxygens (including phenoxy) is 2. The third kappa shape index (κ3) is 2.90. The van der Waals surface area contributed by atoms with Crippen LogP contribution in [0.5, 0.6) is 11.5 Å². The van der Waals surface area contributed by atoms with Crippen LogP contribution in [-0.2, 0) is 6.54 Å². The van der Waals surface area contributed by atoms with Gasteiger partial charge in [0.25, 0.3) is 0 Å². The smallest absolute Gasteiger partial charge is 0.231 e. The van der Waals surface area contributed by atoms with Crippen molar-refractivity contribution in [3.05, 3.63) is 23.8 Å². The maximum atomic E-state index is 5.50. The lowest BCUT2D eigenvalue weighted by Gasteiger charge is -2.21. The normalized spacial score (nSPS) is 22.1. The third-order valence-corrected chi connectivity index (χ3v) is 5.90. The predicted molar refractivity (Wildman–Crippen MR) is 77.8 cm³/mol. The van der Waals surface area contributed by atoms with Gasteiger partial charge in [0, 0.05) is 41.2 Å². The van der Waals surface area contributed by atoms with E-state index in [1.165, 1.54) is 22.8 Å². The standard InChI is InChI=1S/C13H17NO2S2/c1-2-10(13-12(3-1)15-9-16-13)6-14-7-11-8-17-4-5-18-11/h1-3,11,14H,4-9H2. The molecule has 1 saturated heterocycles. The molecule has 0 bridgehead atoms. The monoisotopic (exact) mass is 283 g/mol. The quantitative estimate of drug-likeness (QED) is 0.916. The van der Waals surface area contributed by atoms with Crippen molar-refractivity contribution in [2.75, 3.05) is 30.6 Å². The Morgan fingerprint density at radius 1 is 1.28 bits per heavy atom. The van der Waals surface area contributed by atoms with E-state index in [0.29, 0.717) is 6.79 Å². The van der Waals surface area contributed by atoms with Crippen LogP contribution in [-0.4, -0.2) is 35.8 Å². The van der Waals surface area contributed by atoms with Gasteiger partial charge in [-0.15, -0.1) is 0 Å². The second-order valence-electron chi connectivity index (χ2n) is 4.35. The van der Waals surface area contributed by atoms with Gasteiger partial charge >= 0.3 is 0 Å². The van der Waals surface area contributed by atoms with Crippen molar-refractivity contribution < 1.29 is 9.47 Å². The van der Waals surface area contributed by atoms with Gasteiger partial charge in [-0.2, -0.15) is 23.5 Å². The first kappa shape index (κ1) is 12.5. The van der Waals surface area contributed by atoms with Crippen molar-refractivity contribution >= 4 is 23.5 Å². The van der Waals surface area contributed by atoms with E-state index >= 15 is 0 Å². The van der Waals surface area contributed by atoms with Crippen molar-refractivity contribution in [3.8, 4) is 11.5 Å². The average Bonchev–Trinajstić information content (AvgIpc) is 2.89. The van der Waals surface area contributed by atoms with E-state index in [9.17, 15) is 0 Å². The summed E-state index contributed by atoms with van der Waals surface area (Å²) < 4.78 is 10.9. The number of rotatable bonds is 4. The molecular formula is C13H17NO2S2. The maximum absolute atomic E-state index is 5.50. The Kier molecular flexibility index (Phi) is 4.23. The molecule has 1 aromatic rings. The fourth-order valence-electron chi connectivity index (χ4n) is 2.15. The van der Waals surface area contributed by atoms with E-state index in [1.54, 1.807) is 0 Å². The van der Waals surface area contributed by atoms with Crippen LogP contribution in [0.15, 0.2) is 18.2 Å². The van der Waals surface area contributed by atoms with Gasteiger partial charge in [-0.25, -0.2) is 0 Å². The van der Waals surface area contributed by atoms with Crippen molar-refractivity contribution in [2.45, 2.75) is 11.8 Å². The Morgan fingerprint density at radius 2 is 2.28 bits per heavy atom. The molecule has 1 unspecified atom stereocenters. The number of benzene rings is 1. The summed E-state index contributed by atoms with van der Waals surface area (Å²) >= 11 is 4.15. The molecule has 5 heteroatoms. The van der Waals surface area contributed by atoms with Crippen LogP contribution in [0.25, 0.3) is 0 Å². The molecule has 2 aliphatic rings. The fraction of sp³-hybridized carbons (Fsp3) is 0.538. The first-order valence-corrected chi connectivity index (χ1v) is 8.41. The lowest BCUT2D eigenvalue weighted by Crippen LogP contribution is -2.28. The molecule has 2 heterocycles. The molecule has 2 aliphatic heterocycles. The van der Waals surface area contributed by atoms with Crippen molar-refractivity contribution in [2.24, 2.45) is 0 Å². The molecule has 0 aromatic heterocycles. The van der Waals surface area contributed by atoms with Gasteiger partial charge < -0.3 is 14.8 Å². The Balaban J connectivity index is 1.52. The zero-order valence-electron chi connectivity index (χ0n) is 10.2. The zero-order chi connectivity index (χ0) is 12.2. The maximum Gasteiger partial charge on any atom is 0.231 e. The number of para-hydroxylation sites is 1. The van der Waals surface area contributed by atoms with Crippen LogP contribution in [0.1, 0.15) is 5.56 Å². The SMILES string of the molecule is c1cc(CNCC2CSCCS2)c2c(c1)OCO2. The molecule has 3 rings (SSSR count). The molecule has 0 amide bonds. The summed E-state index contributed by atoms with van der Waals surface area (Å²) in [4.78, 5) is 0. The van der Waals surface area contributed by atoms with Crippen LogP contribution in [0, 0.1) is 0 Å². The van der Waals surface area contributed by atoms with E-state index in [-0.39, 0.29) is 0 Å². The number of nitrogens with one attached hydrogen (secondary N) is 1. The van der Waals surface area contributed by atoms with Crippen LogP contribution < -0.4 is 14.8 Å². The number of fused-ring (bicyclic) bond motifs is 1. The Hall–Kier alpha value is -0.520. The highest BCUT2D eigenvalue weighted by molar-refractivity contribution is 8.06. The Bertz CT molecular complexity index is 408. The topological polar surface area (TPSA) is 30.5 Å². The minimum atomic E-state index is 0.349. The third-order valence-electron chi connectivity index (χ3n) is 3.05. The first-order valence-electron chi connectivity index (χ1n) is 6.21. The van der Waals surface area contributed by atoms with E-state index < -0.39 is 0 Å². The number of thioether (sulfide) groups is 2. The molecule has 18 heavy (non-hydrogen) atoms. The predicted octanol–water partition coefficient (Wildman–Crippen LogP) is 2.35. The van der Waals surface area contributed by atoms with Crippen molar-refractivity contribution in [1.82, 2.24) is 5.32 Å². The lowest BCUT2D eigenvalue weighted by molar-refractivity contribution is 0.173. The van der Waals surface area contributed by atoms with Crippen molar-refractivity contribution in [1.29, 1.82) is 0 Å². The summed E-state index contributed by atoms with van der Waals surface area (Å²) in [6.07, 6.45) is 0. The van der Waals surface area contributed by atoms with E-state index in [4.69, 9.17) is 9.47 Å². The fourth-order valence-corrected chi connectivity index (χ4v) is 4.80. The molecule has 0 radical (unpaired) electrons. The van der Waals surface area contributed by atoms with Crippen molar-refractivity contribution in [3.63, 3.8) is 0 Å². The zero-order valence-corrected chi connectivity index (χ0v) is 11.8. The molecule has 1 N–H and O–H groups in total. The largest absolute Gasteiger partial charge is 0.454 e. The highest BCUT2D eigenvalue weighted by Gasteiger charge is 2.18. The van der Waals surface area contributed by atoms with Crippen LogP contribution in [0.3, 0.4) is 0 Å². The summed E-state index contributed by atoms with van der Waals surface area (Å²) in [6.45, 7) is 2.28. The molecule has 1 aromatic carbocycles. The number of hydrogen-bond acceptors (Lipinski definition) is 5. The molecule has 0 aliphatic carbocycles. The highest BCUT2D eigenvalue weighted by Crippen LogP contribution is 2.35. The van der Waals surface area contributed by atoms with E-state index in [0.717, 1.165) is 29.8 Å². The van der Waals surface area contributed by atoms with E-state index in [2.05, 4.69) is 34.9 Å². The Morgan fingerprint density at radius 3 is 3.17 bits per heavy atom. The summed E-state index contributed by atoms with van der Waals surface area (Å²) in [5, 5.41) is 4.28. The summed E-state index contributed by atoms with van der Waals surface area (Å²) in [6, 6.07) is 6.08. The average molecular weight is 283 g/mol. The summed E-state index contributed by atoms with van der Waals surface area (Å²) in [5.41, 5.74) is 1.19. The van der Waals surface area contributed by atoms with Crippen LogP contribution in [0.2, 0.25) is 0 Å². The molecule has 1 fully saturated rings. The lowest BCUT2D eigenvalue weighted by atomic mass is 10.2. The summed E-state index contributed by atoms with van der Waals surface area (Å²) in [5.74, 6) is 5.64. The van der Waals surface area contributed by atoms with Gasteiger partial charge in [-0.1, -0.05) is 12.1 Å². The van der Waals surface area contributed by atoms with Gasteiger partial charge in [0.2, 0.25) is 6.79 Å². The minimum Gasteiger partial charge on any atom is -0.454 e. The van der Waals surface area contributed by atoms with Gasteiger partial charge in [0.15, 0.2) is 11.5 Å². The minimum absolute atomic E-state index is 0.349. The molecule has 1 atom stereocenters. The van der Waals surface area contributed by atoms with Gasteiger partial charge in [0.05, 0.1) is 0 Å². The van der Waals surface area contributed by atoms with Crippen LogP contribution >= 0.6 is 23.5 Å². The molecule has 3 nitrogen and oxygen atoms in total. The second kappa shape index (κ2) is 6.08. The second-order valence-corrected chi connectivity index (χ2v) is 6.91. The molecule has 0 saturated carbocycles. The van der Waals surface area contributed by atoms with Gasteiger partial charge in [0.1, 0.15) is 0 Å². The van der Waals surface area contributed by atoms with E-state index in [1.807, 2.05) is 12.1 Å². The van der Waals surface area contributed by atoms with Gasteiger partial charge in [-0.3, -0.25) is 0 Å². The Labute approximate surface area is 116 Å². The summed E-state index contributed by atoms with van der Waals surface area (Å²) in [7, 11) is 0. The van der Waals surface area contributed by atoms with Crippen LogP contribution in [0.4, 0.5) is 0 Å². The molecular weight excluding hydrogens is 266 g/mol.